The topological polar surface area (TPSA) is 30.7 Å². The van der Waals surface area contributed by atoms with Crippen LogP contribution in [0.2, 0.25) is 0 Å². The van der Waals surface area contributed by atoms with Crippen LogP contribution in [0, 0.1) is 32.8 Å². The van der Waals surface area contributed by atoms with Gasteiger partial charge in [0.1, 0.15) is 0 Å². The minimum absolute atomic E-state index is 0. The smallest absolute Gasteiger partial charge is 0.0602 e. The molecular formula is C47H37IrN3-2. The van der Waals surface area contributed by atoms with Crippen molar-refractivity contribution in [3.63, 3.8) is 0 Å². The van der Waals surface area contributed by atoms with E-state index in [0.717, 1.165) is 56.0 Å². The molecule has 6 aromatic carbocycles. The first-order valence-electron chi connectivity index (χ1n) is 18.1. The van der Waals surface area contributed by atoms with Crippen LogP contribution in [0.25, 0.3) is 61.7 Å². The summed E-state index contributed by atoms with van der Waals surface area (Å²) in [7, 11) is 0. The molecule has 4 heteroatoms. The van der Waals surface area contributed by atoms with Gasteiger partial charge >= 0.3 is 0 Å². The van der Waals surface area contributed by atoms with Crippen molar-refractivity contribution in [3.8, 4) is 61.7 Å². The summed E-state index contributed by atoms with van der Waals surface area (Å²) >= 11 is 0. The molecular weight excluding hydrogens is 799 g/mol. The number of aromatic nitrogens is 3. The molecule has 0 aliphatic carbocycles. The second kappa shape index (κ2) is 16.4. The summed E-state index contributed by atoms with van der Waals surface area (Å²) in [6.45, 7) is 2.03. The van der Waals surface area contributed by atoms with Crippen LogP contribution in [0.15, 0.2) is 170 Å². The van der Waals surface area contributed by atoms with Crippen LogP contribution in [-0.2, 0) is 20.1 Å². The van der Waals surface area contributed by atoms with E-state index in [0.29, 0.717) is 5.56 Å². The molecule has 3 nitrogen and oxygen atoms in total. The fourth-order valence-electron chi connectivity index (χ4n) is 6.16. The van der Waals surface area contributed by atoms with Crippen LogP contribution in [0.5, 0.6) is 0 Å². The molecule has 0 unspecified atom stereocenters. The van der Waals surface area contributed by atoms with Crippen molar-refractivity contribution in [1.82, 2.24) is 14.5 Å². The zero-order valence-electron chi connectivity index (χ0n) is 31.3. The Bertz CT molecular complexity index is 2420. The average molecular weight is 839 g/mol. The zero-order valence-corrected chi connectivity index (χ0v) is 30.7. The molecule has 2 heterocycles. The first-order valence-corrected chi connectivity index (χ1v) is 16.6. The van der Waals surface area contributed by atoms with Crippen LogP contribution in [0.3, 0.4) is 0 Å². The van der Waals surface area contributed by atoms with Crippen molar-refractivity contribution in [2.75, 3.05) is 0 Å². The maximum Gasteiger partial charge on any atom is 0.0602 e. The van der Waals surface area contributed by atoms with Crippen LogP contribution >= 0.6 is 0 Å². The van der Waals surface area contributed by atoms with Crippen LogP contribution in [0.1, 0.15) is 20.8 Å². The molecule has 0 saturated carbocycles. The molecule has 0 bridgehead atoms. The van der Waals surface area contributed by atoms with Gasteiger partial charge in [-0.15, -0.1) is 71.8 Å². The van der Waals surface area contributed by atoms with E-state index in [4.69, 9.17) is 4.11 Å². The van der Waals surface area contributed by atoms with Gasteiger partial charge in [0.25, 0.3) is 0 Å². The van der Waals surface area contributed by atoms with Crippen LogP contribution < -0.4 is 0 Å². The third kappa shape index (κ3) is 8.05. The third-order valence-corrected chi connectivity index (χ3v) is 8.67. The van der Waals surface area contributed by atoms with Gasteiger partial charge in [-0.25, -0.2) is 0 Å². The molecule has 8 aromatic rings. The van der Waals surface area contributed by atoms with Gasteiger partial charge in [0, 0.05) is 48.5 Å². The van der Waals surface area contributed by atoms with Crippen molar-refractivity contribution in [1.29, 1.82) is 0 Å². The molecule has 0 fully saturated rings. The molecule has 1 radical (unpaired) electrons. The fourth-order valence-corrected chi connectivity index (χ4v) is 6.16. The molecule has 0 aliphatic heterocycles. The van der Waals surface area contributed by atoms with E-state index in [2.05, 4.69) is 58.7 Å². The predicted molar refractivity (Wildman–Crippen MR) is 207 cm³/mol. The Morgan fingerprint density at radius 2 is 1.16 bits per heavy atom. The van der Waals surface area contributed by atoms with Crippen LogP contribution in [0.4, 0.5) is 0 Å². The van der Waals surface area contributed by atoms with Crippen molar-refractivity contribution in [2.24, 2.45) is 0 Å². The first kappa shape index (κ1) is 31.3. The fraction of sp³-hybridized carbons (Fsp3) is 0.0638. The van der Waals surface area contributed by atoms with E-state index < -0.39 is 6.85 Å². The summed E-state index contributed by atoms with van der Waals surface area (Å²) in [5.41, 5.74) is 12.4. The van der Waals surface area contributed by atoms with Crippen molar-refractivity contribution >= 4 is 0 Å². The van der Waals surface area contributed by atoms with Gasteiger partial charge in [-0.1, -0.05) is 97.1 Å². The average Bonchev–Trinajstić information content (AvgIpc) is 3.68. The molecule has 0 aliphatic rings. The Balaban J connectivity index is 0.000000211. The Morgan fingerprint density at radius 1 is 0.529 bits per heavy atom. The molecule has 51 heavy (non-hydrogen) atoms. The minimum Gasteiger partial charge on any atom is -0.340 e. The first-order chi connectivity index (χ1) is 25.8. The van der Waals surface area contributed by atoms with Crippen LogP contribution in [-0.4, -0.2) is 14.5 Å². The molecule has 0 amide bonds. The third-order valence-electron chi connectivity index (χ3n) is 8.67. The standard InChI is InChI=1S/C30H22N.C17H15N2.Ir/c1-22-20-27(23-8-4-2-5-9-23)16-17-29(22)25-14-12-24(13-15-25)28-18-19-31-30(21-28)26-10-6-3-7-11-26;1-13-7-6-8-14(2)16(13)19-12-11-18-17(19)15-9-4-3-5-10-15;/h2-10,12-21H,1H3;3-9,11-12H,1-2H3;/q2*-1;/i1D3;;. The number of hydrogen-bond acceptors (Lipinski definition) is 2. The van der Waals surface area contributed by atoms with Gasteiger partial charge in [0.05, 0.1) is 5.82 Å². The second-order valence-electron chi connectivity index (χ2n) is 12.0. The van der Waals surface area contributed by atoms with E-state index >= 15 is 0 Å². The van der Waals surface area contributed by atoms with E-state index in [9.17, 15) is 0 Å². The van der Waals surface area contributed by atoms with Gasteiger partial charge in [0.15, 0.2) is 0 Å². The summed E-state index contributed by atoms with van der Waals surface area (Å²) in [6.07, 6.45) is 5.64. The normalized spacial score (nSPS) is 11.6. The number of para-hydroxylation sites is 1. The predicted octanol–water partition coefficient (Wildman–Crippen LogP) is 11.8. The summed E-state index contributed by atoms with van der Waals surface area (Å²) in [6, 6.07) is 56.1. The van der Waals surface area contributed by atoms with Crippen molar-refractivity contribution in [2.45, 2.75) is 20.7 Å². The van der Waals surface area contributed by atoms with Gasteiger partial charge in [-0.05, 0) is 82.5 Å². The SMILES string of the molecule is Cc1cccc(C)c1-n1ccnc1-c1[c-]cccc1.[2H]C([2H])([2H])c1cc(-c2ccccc2)ccc1-c1ccc(-c2ccnc(-c3[c-]cccc3)c2)cc1.[Ir]. The Hall–Kier alpha value is -5.67. The number of rotatable bonds is 6. The minimum atomic E-state index is -2.22. The zero-order chi connectivity index (χ0) is 36.8. The maximum absolute atomic E-state index is 8.13. The number of nitrogens with zero attached hydrogens (tertiary/aromatic N) is 3. The number of benzene rings is 6. The Labute approximate surface area is 318 Å². The Kier molecular flexibility index (Phi) is 10.0. The quantitative estimate of drug-likeness (QED) is 0.156. The number of hydrogen-bond donors (Lipinski definition) is 0. The Morgan fingerprint density at radius 3 is 1.84 bits per heavy atom. The van der Waals surface area contributed by atoms with E-state index in [1.54, 1.807) is 12.3 Å². The molecule has 0 spiro atoms. The van der Waals surface area contributed by atoms with Gasteiger partial charge < -0.3 is 9.55 Å². The van der Waals surface area contributed by atoms with Crippen molar-refractivity contribution in [3.05, 3.63) is 199 Å². The molecule has 2 aromatic heterocycles. The molecule has 0 N–H and O–H groups in total. The summed E-state index contributed by atoms with van der Waals surface area (Å²) in [5.74, 6) is 0.929. The largest absolute Gasteiger partial charge is 0.340 e. The second-order valence-corrected chi connectivity index (χ2v) is 12.0. The molecule has 0 atom stereocenters. The monoisotopic (exact) mass is 839 g/mol. The number of pyridine rings is 1. The number of imidazole rings is 1. The summed E-state index contributed by atoms with van der Waals surface area (Å²) in [4.78, 5) is 8.96. The van der Waals surface area contributed by atoms with Crippen molar-refractivity contribution < 1.29 is 24.2 Å². The summed E-state index contributed by atoms with van der Waals surface area (Å²) in [5, 5.41) is 0. The molecule has 251 valence electrons. The summed E-state index contributed by atoms with van der Waals surface area (Å²) < 4.78 is 26.5. The van der Waals surface area contributed by atoms with Gasteiger partial charge in [-0.3, -0.25) is 4.98 Å². The van der Waals surface area contributed by atoms with Gasteiger partial charge in [0.2, 0.25) is 0 Å². The number of aryl methyl sites for hydroxylation is 3. The molecule has 8 rings (SSSR count). The maximum atomic E-state index is 8.13. The van der Waals surface area contributed by atoms with E-state index in [1.165, 1.54) is 16.8 Å². The molecule has 0 saturated heterocycles. The van der Waals surface area contributed by atoms with E-state index in [1.807, 2.05) is 140 Å². The van der Waals surface area contributed by atoms with E-state index in [-0.39, 0.29) is 20.1 Å². The van der Waals surface area contributed by atoms with Gasteiger partial charge in [-0.2, -0.15) is 0 Å².